The van der Waals surface area contributed by atoms with Gasteiger partial charge in [0, 0.05) is 22.3 Å². The van der Waals surface area contributed by atoms with Crippen LogP contribution in [0, 0.1) is 17.1 Å². The average molecular weight is 372 g/mol. The number of aromatic nitrogens is 1. The predicted molar refractivity (Wildman–Crippen MR) is 96.0 cm³/mol. The number of benzene rings is 1. The van der Waals surface area contributed by atoms with Gasteiger partial charge in [-0.3, -0.25) is 9.78 Å². The summed E-state index contributed by atoms with van der Waals surface area (Å²) in [6.07, 6.45) is 3.32. The molecule has 0 aliphatic heterocycles. The Hall–Kier alpha value is -2.75. The van der Waals surface area contributed by atoms with E-state index < -0.39 is 5.82 Å². The number of halogens is 2. The van der Waals surface area contributed by atoms with Crippen LogP contribution in [0.5, 0.6) is 0 Å². The van der Waals surface area contributed by atoms with E-state index in [0.717, 1.165) is 16.5 Å². The second-order valence-electron chi connectivity index (χ2n) is 5.16. The third-order valence-corrected chi connectivity index (χ3v) is 4.89. The number of carbonyl (C=O) groups is 1. The standard InChI is InChI=1S/C18H11ClFN3OS/c19-15-9-14(20)2-1-12(15)8-17(24)23-18-13(10-21)7-16(25-18)11-3-5-22-6-4-11/h1-7,9H,8H2,(H,23,24). The fraction of sp³-hybridized carbons (Fsp3) is 0.0556. The van der Waals surface area contributed by atoms with E-state index in [1.165, 1.54) is 23.5 Å². The summed E-state index contributed by atoms with van der Waals surface area (Å²) >= 11 is 7.25. The number of pyridine rings is 1. The first kappa shape index (κ1) is 17.1. The number of nitriles is 1. The lowest BCUT2D eigenvalue weighted by molar-refractivity contribution is -0.115. The summed E-state index contributed by atoms with van der Waals surface area (Å²) in [7, 11) is 0. The van der Waals surface area contributed by atoms with Crippen LogP contribution < -0.4 is 5.32 Å². The topological polar surface area (TPSA) is 65.8 Å². The molecule has 1 N–H and O–H groups in total. The van der Waals surface area contributed by atoms with Crippen molar-refractivity contribution < 1.29 is 9.18 Å². The second kappa shape index (κ2) is 7.43. The Labute approximate surface area is 152 Å². The van der Waals surface area contributed by atoms with Crippen molar-refractivity contribution in [2.75, 3.05) is 5.32 Å². The summed E-state index contributed by atoms with van der Waals surface area (Å²) in [5.41, 5.74) is 1.82. The van der Waals surface area contributed by atoms with E-state index >= 15 is 0 Å². The molecular formula is C18H11ClFN3OS. The Balaban J connectivity index is 1.79. The van der Waals surface area contributed by atoms with Crippen molar-refractivity contribution in [2.45, 2.75) is 6.42 Å². The molecule has 0 saturated carbocycles. The highest BCUT2D eigenvalue weighted by Gasteiger charge is 2.14. The van der Waals surface area contributed by atoms with Crippen molar-refractivity contribution in [3.8, 4) is 16.5 Å². The van der Waals surface area contributed by atoms with Gasteiger partial charge in [0.05, 0.1) is 12.0 Å². The number of anilines is 1. The Morgan fingerprint density at radius 2 is 2.04 bits per heavy atom. The Morgan fingerprint density at radius 3 is 2.72 bits per heavy atom. The zero-order valence-electron chi connectivity index (χ0n) is 12.8. The predicted octanol–water partition coefficient (Wildman–Crippen LogP) is 4.66. The van der Waals surface area contributed by atoms with Gasteiger partial charge in [0.2, 0.25) is 5.91 Å². The molecule has 0 atom stereocenters. The van der Waals surface area contributed by atoms with Gasteiger partial charge in [-0.25, -0.2) is 4.39 Å². The maximum Gasteiger partial charge on any atom is 0.229 e. The van der Waals surface area contributed by atoms with E-state index in [1.807, 2.05) is 12.1 Å². The summed E-state index contributed by atoms with van der Waals surface area (Å²) in [6.45, 7) is 0. The molecule has 0 unspecified atom stereocenters. The molecule has 0 spiro atoms. The molecule has 0 bridgehead atoms. The van der Waals surface area contributed by atoms with Gasteiger partial charge in [-0.1, -0.05) is 17.7 Å². The third-order valence-electron chi connectivity index (χ3n) is 3.44. The van der Waals surface area contributed by atoms with E-state index in [9.17, 15) is 14.4 Å². The molecular weight excluding hydrogens is 361 g/mol. The molecule has 3 rings (SSSR count). The second-order valence-corrected chi connectivity index (χ2v) is 6.62. The molecule has 1 amide bonds. The summed E-state index contributed by atoms with van der Waals surface area (Å²) in [5, 5.41) is 12.7. The first-order valence-corrected chi connectivity index (χ1v) is 8.44. The Kier molecular flexibility index (Phi) is 5.08. The van der Waals surface area contributed by atoms with Crippen LogP contribution in [0.4, 0.5) is 9.39 Å². The van der Waals surface area contributed by atoms with Crippen molar-refractivity contribution in [1.29, 1.82) is 5.26 Å². The van der Waals surface area contributed by atoms with Crippen molar-refractivity contribution in [3.63, 3.8) is 0 Å². The van der Waals surface area contributed by atoms with Crippen LogP contribution in [0.25, 0.3) is 10.4 Å². The van der Waals surface area contributed by atoms with Gasteiger partial charge >= 0.3 is 0 Å². The highest BCUT2D eigenvalue weighted by atomic mass is 35.5. The maximum atomic E-state index is 13.1. The largest absolute Gasteiger partial charge is 0.316 e. The van der Waals surface area contributed by atoms with Crippen LogP contribution in [0.3, 0.4) is 0 Å². The highest BCUT2D eigenvalue weighted by Crippen LogP contribution is 2.35. The van der Waals surface area contributed by atoms with Gasteiger partial charge < -0.3 is 5.32 Å². The molecule has 25 heavy (non-hydrogen) atoms. The van der Waals surface area contributed by atoms with E-state index in [4.69, 9.17) is 11.6 Å². The van der Waals surface area contributed by atoms with E-state index in [1.54, 1.807) is 18.5 Å². The number of hydrogen-bond acceptors (Lipinski definition) is 4. The van der Waals surface area contributed by atoms with Crippen LogP contribution in [0.1, 0.15) is 11.1 Å². The van der Waals surface area contributed by atoms with Crippen molar-refractivity contribution >= 4 is 33.8 Å². The smallest absolute Gasteiger partial charge is 0.229 e. The Bertz CT molecular complexity index is 966. The number of thiophene rings is 1. The number of rotatable bonds is 4. The summed E-state index contributed by atoms with van der Waals surface area (Å²) in [4.78, 5) is 17.1. The third kappa shape index (κ3) is 4.02. The van der Waals surface area contributed by atoms with Gasteiger partial charge in [-0.15, -0.1) is 11.3 Å². The normalized spacial score (nSPS) is 10.3. The van der Waals surface area contributed by atoms with E-state index in [-0.39, 0.29) is 17.4 Å². The molecule has 124 valence electrons. The minimum absolute atomic E-state index is 0.00747. The minimum atomic E-state index is -0.457. The van der Waals surface area contributed by atoms with Crippen LogP contribution in [-0.2, 0) is 11.2 Å². The molecule has 3 aromatic rings. The summed E-state index contributed by atoms with van der Waals surface area (Å²) < 4.78 is 13.1. The number of nitrogens with one attached hydrogen (secondary N) is 1. The molecule has 7 heteroatoms. The van der Waals surface area contributed by atoms with Crippen molar-refractivity contribution in [1.82, 2.24) is 4.98 Å². The number of amides is 1. The molecule has 0 saturated heterocycles. The van der Waals surface area contributed by atoms with E-state index in [2.05, 4.69) is 16.4 Å². The van der Waals surface area contributed by atoms with Crippen molar-refractivity contribution in [2.24, 2.45) is 0 Å². The summed E-state index contributed by atoms with van der Waals surface area (Å²) in [6, 6.07) is 11.3. The molecule has 2 aromatic heterocycles. The quantitative estimate of drug-likeness (QED) is 0.725. The maximum absolute atomic E-state index is 13.1. The number of nitrogens with zero attached hydrogens (tertiary/aromatic N) is 2. The Morgan fingerprint density at radius 1 is 1.28 bits per heavy atom. The lowest BCUT2D eigenvalue weighted by Crippen LogP contribution is -2.14. The zero-order valence-corrected chi connectivity index (χ0v) is 14.4. The first-order chi connectivity index (χ1) is 12.1. The van der Waals surface area contributed by atoms with Crippen LogP contribution in [-0.4, -0.2) is 10.9 Å². The van der Waals surface area contributed by atoms with Gasteiger partial charge in [-0.05, 0) is 41.5 Å². The lowest BCUT2D eigenvalue weighted by Gasteiger charge is -2.05. The molecule has 4 nitrogen and oxygen atoms in total. The van der Waals surface area contributed by atoms with Crippen LogP contribution in [0.15, 0.2) is 48.8 Å². The van der Waals surface area contributed by atoms with Gasteiger partial charge in [-0.2, -0.15) is 5.26 Å². The van der Waals surface area contributed by atoms with Crippen molar-refractivity contribution in [3.05, 3.63) is 70.8 Å². The zero-order chi connectivity index (χ0) is 17.8. The average Bonchev–Trinajstić information content (AvgIpc) is 3.01. The highest BCUT2D eigenvalue weighted by molar-refractivity contribution is 7.19. The summed E-state index contributed by atoms with van der Waals surface area (Å²) in [5.74, 6) is -0.783. The molecule has 0 radical (unpaired) electrons. The van der Waals surface area contributed by atoms with Crippen LogP contribution >= 0.6 is 22.9 Å². The lowest BCUT2D eigenvalue weighted by atomic mass is 10.1. The molecule has 2 heterocycles. The molecule has 0 aliphatic rings. The molecule has 0 fully saturated rings. The minimum Gasteiger partial charge on any atom is -0.316 e. The number of carbonyl (C=O) groups excluding carboxylic acids is 1. The number of hydrogen-bond donors (Lipinski definition) is 1. The van der Waals surface area contributed by atoms with Gasteiger partial charge in [0.15, 0.2) is 0 Å². The molecule has 1 aromatic carbocycles. The van der Waals surface area contributed by atoms with Gasteiger partial charge in [0.25, 0.3) is 0 Å². The van der Waals surface area contributed by atoms with E-state index in [0.29, 0.717) is 16.1 Å². The fourth-order valence-corrected chi connectivity index (χ4v) is 3.50. The first-order valence-electron chi connectivity index (χ1n) is 7.25. The van der Waals surface area contributed by atoms with Crippen LogP contribution in [0.2, 0.25) is 5.02 Å². The monoisotopic (exact) mass is 371 g/mol. The fourth-order valence-electron chi connectivity index (χ4n) is 2.23. The van der Waals surface area contributed by atoms with Gasteiger partial charge in [0.1, 0.15) is 16.9 Å². The molecule has 0 aliphatic carbocycles. The SMILES string of the molecule is N#Cc1cc(-c2ccncc2)sc1NC(=O)Cc1ccc(F)cc1Cl.